The van der Waals surface area contributed by atoms with E-state index in [4.69, 9.17) is 13.9 Å². The Bertz CT molecular complexity index is 617. The van der Waals surface area contributed by atoms with Crippen LogP contribution in [0.1, 0.15) is 18.1 Å². The van der Waals surface area contributed by atoms with Crippen molar-refractivity contribution in [1.82, 2.24) is 15.2 Å². The zero-order valence-electron chi connectivity index (χ0n) is 14.0. The van der Waals surface area contributed by atoms with E-state index in [0.29, 0.717) is 44.4 Å². The molecule has 3 rings (SSSR count). The number of ether oxygens (including phenoxy) is 2. The number of oxazole rings is 1. The van der Waals surface area contributed by atoms with Crippen LogP contribution in [0.2, 0.25) is 0 Å². The number of likely N-dealkylation sites (tertiary alicyclic amines) is 1. The third kappa shape index (κ3) is 3.16. The quantitative estimate of drug-likeness (QED) is 0.820. The summed E-state index contributed by atoms with van der Waals surface area (Å²) in [5.41, 5.74) is -0.539. The lowest BCUT2D eigenvalue weighted by Gasteiger charge is -2.36. The van der Waals surface area contributed by atoms with Crippen LogP contribution >= 0.6 is 0 Å². The summed E-state index contributed by atoms with van der Waals surface area (Å²) in [6, 6.07) is 0. The van der Waals surface area contributed by atoms with Gasteiger partial charge in [-0.1, -0.05) is 0 Å². The minimum absolute atomic E-state index is 0.0118. The van der Waals surface area contributed by atoms with E-state index in [1.165, 1.54) is 0 Å². The van der Waals surface area contributed by atoms with E-state index >= 15 is 0 Å². The molecule has 0 saturated carbocycles. The summed E-state index contributed by atoms with van der Waals surface area (Å²) < 4.78 is 16.2. The van der Waals surface area contributed by atoms with Gasteiger partial charge in [0.15, 0.2) is 0 Å². The van der Waals surface area contributed by atoms with Gasteiger partial charge in [-0.05, 0) is 13.3 Å². The van der Waals surface area contributed by atoms with Gasteiger partial charge in [0.05, 0.1) is 18.2 Å². The second-order valence-electron chi connectivity index (χ2n) is 6.39. The number of aromatic nitrogens is 1. The maximum Gasteiger partial charge on any atom is 0.248 e. The highest BCUT2D eigenvalue weighted by Gasteiger charge is 2.54. The van der Waals surface area contributed by atoms with E-state index in [2.05, 4.69) is 10.3 Å². The number of amides is 2. The molecule has 0 spiro atoms. The van der Waals surface area contributed by atoms with Gasteiger partial charge in [-0.25, -0.2) is 4.98 Å². The summed E-state index contributed by atoms with van der Waals surface area (Å²) in [5.74, 6) is 1.05. The van der Waals surface area contributed by atoms with Crippen LogP contribution < -0.4 is 5.32 Å². The van der Waals surface area contributed by atoms with E-state index in [-0.39, 0.29) is 30.9 Å². The lowest BCUT2D eigenvalue weighted by atomic mass is 9.73. The Hall–Kier alpha value is -1.93. The largest absolute Gasteiger partial charge is 0.443 e. The first kappa shape index (κ1) is 16.9. The van der Waals surface area contributed by atoms with Gasteiger partial charge in [-0.2, -0.15) is 0 Å². The van der Waals surface area contributed by atoms with Crippen LogP contribution in [0.25, 0.3) is 0 Å². The smallest absolute Gasteiger partial charge is 0.248 e. The SMILES string of the molecule is CNC(=O)[C@]12CCOC[C@H]1CN(C(=O)COCc1ncc(C)o1)C2. The van der Waals surface area contributed by atoms with E-state index < -0.39 is 5.41 Å². The molecule has 2 amide bonds. The molecule has 2 aliphatic rings. The van der Waals surface area contributed by atoms with Crippen LogP contribution in [0.3, 0.4) is 0 Å². The van der Waals surface area contributed by atoms with Crippen LogP contribution in [-0.2, 0) is 25.7 Å². The molecule has 0 aliphatic carbocycles. The first-order chi connectivity index (χ1) is 11.5. The highest BCUT2D eigenvalue weighted by Crippen LogP contribution is 2.42. The first-order valence-corrected chi connectivity index (χ1v) is 8.12. The Morgan fingerprint density at radius 3 is 3.08 bits per heavy atom. The van der Waals surface area contributed by atoms with Crippen LogP contribution in [0.5, 0.6) is 0 Å². The average Bonchev–Trinajstić information content (AvgIpc) is 3.18. The second kappa shape index (κ2) is 6.90. The molecule has 8 heteroatoms. The van der Waals surface area contributed by atoms with E-state index in [9.17, 15) is 9.59 Å². The summed E-state index contributed by atoms with van der Waals surface area (Å²) in [4.78, 5) is 30.5. The van der Waals surface area contributed by atoms with Crippen LogP contribution in [0.15, 0.2) is 10.6 Å². The van der Waals surface area contributed by atoms with Crippen molar-refractivity contribution in [2.24, 2.45) is 11.3 Å². The molecule has 1 N–H and O–H groups in total. The average molecular weight is 337 g/mol. The fraction of sp³-hybridized carbons (Fsp3) is 0.688. The molecular formula is C16H23N3O5. The Kier molecular flexibility index (Phi) is 4.86. The molecule has 1 aromatic rings. The molecule has 0 aromatic carbocycles. The number of hydrogen-bond acceptors (Lipinski definition) is 6. The van der Waals surface area contributed by atoms with Crippen molar-refractivity contribution in [1.29, 1.82) is 0 Å². The van der Waals surface area contributed by atoms with Crippen molar-refractivity contribution in [3.8, 4) is 0 Å². The van der Waals surface area contributed by atoms with Crippen LogP contribution in [0, 0.1) is 18.3 Å². The maximum absolute atomic E-state index is 12.4. The lowest BCUT2D eigenvalue weighted by molar-refractivity contribution is -0.140. The Morgan fingerprint density at radius 2 is 2.38 bits per heavy atom. The monoisotopic (exact) mass is 337 g/mol. The van der Waals surface area contributed by atoms with Crippen LogP contribution in [-0.4, -0.2) is 61.7 Å². The highest BCUT2D eigenvalue weighted by atomic mass is 16.5. The molecule has 1 aromatic heterocycles. The topological polar surface area (TPSA) is 93.9 Å². The first-order valence-electron chi connectivity index (χ1n) is 8.12. The zero-order valence-corrected chi connectivity index (χ0v) is 14.0. The third-order valence-electron chi connectivity index (χ3n) is 4.86. The van der Waals surface area contributed by atoms with E-state index in [1.807, 2.05) is 0 Å². The number of aryl methyl sites for hydroxylation is 1. The third-order valence-corrected chi connectivity index (χ3v) is 4.86. The second-order valence-corrected chi connectivity index (χ2v) is 6.39. The molecule has 0 bridgehead atoms. The summed E-state index contributed by atoms with van der Waals surface area (Å²) in [6.45, 7) is 3.89. The van der Waals surface area contributed by atoms with Gasteiger partial charge in [0.25, 0.3) is 0 Å². The van der Waals surface area contributed by atoms with Crippen molar-refractivity contribution >= 4 is 11.8 Å². The number of carbonyl (C=O) groups is 2. The number of hydrogen-bond donors (Lipinski definition) is 1. The van der Waals surface area contributed by atoms with Gasteiger partial charge < -0.3 is 24.1 Å². The molecule has 132 valence electrons. The Labute approximate surface area is 140 Å². The fourth-order valence-corrected chi connectivity index (χ4v) is 3.55. The van der Waals surface area contributed by atoms with Gasteiger partial charge in [0, 0.05) is 32.7 Å². The fourth-order valence-electron chi connectivity index (χ4n) is 3.55. The lowest BCUT2D eigenvalue weighted by Crippen LogP contribution is -2.49. The molecule has 3 heterocycles. The Balaban J connectivity index is 1.57. The number of carbonyl (C=O) groups excluding carboxylic acids is 2. The minimum atomic E-state index is -0.539. The molecule has 2 fully saturated rings. The summed E-state index contributed by atoms with van der Waals surface area (Å²) in [7, 11) is 1.63. The molecule has 2 atom stereocenters. The normalized spacial score (nSPS) is 26.2. The number of nitrogens with zero attached hydrogens (tertiary/aromatic N) is 2. The molecule has 8 nitrogen and oxygen atoms in total. The predicted octanol–water partition coefficient (Wildman–Crippen LogP) is 0.111. The molecule has 0 radical (unpaired) electrons. The van der Waals surface area contributed by atoms with Gasteiger partial charge in [0.1, 0.15) is 19.0 Å². The molecule has 0 unspecified atom stereocenters. The van der Waals surface area contributed by atoms with E-state index in [1.54, 1.807) is 25.1 Å². The molecule has 24 heavy (non-hydrogen) atoms. The minimum Gasteiger partial charge on any atom is -0.443 e. The van der Waals surface area contributed by atoms with Crippen molar-refractivity contribution in [3.63, 3.8) is 0 Å². The number of fused-ring (bicyclic) bond motifs is 1. The highest BCUT2D eigenvalue weighted by molar-refractivity contribution is 5.86. The maximum atomic E-state index is 12.4. The van der Waals surface area contributed by atoms with Crippen molar-refractivity contribution < 1.29 is 23.5 Å². The molecular weight excluding hydrogens is 314 g/mol. The molecule has 2 saturated heterocycles. The van der Waals surface area contributed by atoms with Gasteiger partial charge in [-0.15, -0.1) is 0 Å². The zero-order chi connectivity index (χ0) is 17.2. The molecule has 2 aliphatic heterocycles. The van der Waals surface area contributed by atoms with E-state index in [0.717, 1.165) is 0 Å². The number of nitrogens with one attached hydrogen (secondary N) is 1. The number of rotatable bonds is 5. The van der Waals surface area contributed by atoms with Gasteiger partial charge in [0.2, 0.25) is 17.7 Å². The summed E-state index contributed by atoms with van der Waals surface area (Å²) in [6.07, 6.45) is 2.25. The standard InChI is InChI=1S/C16H23N3O5/c1-11-5-18-13(24-11)8-23-9-14(20)19-6-12-7-22-4-3-16(12,10-19)15(21)17-2/h5,12H,3-4,6-10H2,1-2H3,(H,17,21)/t12-,16+/m1/s1. The van der Waals surface area contributed by atoms with Gasteiger partial charge in [-0.3, -0.25) is 9.59 Å². The Morgan fingerprint density at radius 1 is 1.54 bits per heavy atom. The van der Waals surface area contributed by atoms with Crippen molar-refractivity contribution in [2.45, 2.75) is 20.0 Å². The predicted molar refractivity (Wildman–Crippen MR) is 82.9 cm³/mol. The van der Waals surface area contributed by atoms with Crippen LogP contribution in [0.4, 0.5) is 0 Å². The summed E-state index contributed by atoms with van der Waals surface area (Å²) >= 11 is 0. The summed E-state index contributed by atoms with van der Waals surface area (Å²) in [5, 5.41) is 2.74. The van der Waals surface area contributed by atoms with Crippen molar-refractivity contribution in [3.05, 3.63) is 17.8 Å². The van der Waals surface area contributed by atoms with Crippen molar-refractivity contribution in [2.75, 3.05) is 40.0 Å². The van der Waals surface area contributed by atoms with Gasteiger partial charge >= 0.3 is 0 Å².